The van der Waals surface area contributed by atoms with E-state index in [0.717, 1.165) is 10.0 Å². The summed E-state index contributed by atoms with van der Waals surface area (Å²) in [7, 11) is 0. The molecule has 0 spiro atoms. The number of carbonyl (C=O) groups is 1. The average molecular weight is 326 g/mol. The van der Waals surface area contributed by atoms with Crippen LogP contribution in [0, 0.1) is 6.92 Å². The van der Waals surface area contributed by atoms with Crippen molar-refractivity contribution in [2.24, 2.45) is 0 Å². The molecule has 0 aliphatic carbocycles. The van der Waals surface area contributed by atoms with Crippen molar-refractivity contribution in [3.63, 3.8) is 0 Å². The highest BCUT2D eigenvalue weighted by molar-refractivity contribution is 9.10. The second-order valence-electron chi connectivity index (χ2n) is 3.80. The summed E-state index contributed by atoms with van der Waals surface area (Å²) in [5.74, 6) is 0.230. The molecule has 92 valence electrons. The number of halogens is 2. The van der Waals surface area contributed by atoms with Crippen LogP contribution in [0.1, 0.15) is 15.9 Å². The quantitative estimate of drug-likeness (QED) is 0.905. The Morgan fingerprint density at radius 2 is 2.11 bits per heavy atom. The van der Waals surface area contributed by atoms with E-state index in [1.807, 2.05) is 13.0 Å². The normalized spacial score (nSPS) is 10.2. The second kappa shape index (κ2) is 5.50. The minimum Gasteiger partial charge on any atom is -0.307 e. The average Bonchev–Trinajstić information content (AvgIpc) is 2.32. The van der Waals surface area contributed by atoms with Crippen LogP contribution in [0.25, 0.3) is 0 Å². The van der Waals surface area contributed by atoms with Crippen molar-refractivity contribution in [1.29, 1.82) is 0 Å². The zero-order valence-corrected chi connectivity index (χ0v) is 11.9. The molecule has 1 aromatic carbocycles. The van der Waals surface area contributed by atoms with Crippen LogP contribution in [0.3, 0.4) is 0 Å². The Labute approximate surface area is 118 Å². The van der Waals surface area contributed by atoms with Gasteiger partial charge < -0.3 is 5.32 Å². The van der Waals surface area contributed by atoms with Crippen molar-refractivity contribution in [2.75, 3.05) is 5.32 Å². The van der Waals surface area contributed by atoms with Crippen molar-refractivity contribution in [2.45, 2.75) is 6.92 Å². The molecular weight excluding hydrogens is 316 g/mol. The number of amides is 1. The van der Waals surface area contributed by atoms with Gasteiger partial charge in [-0.15, -0.1) is 0 Å². The number of carbonyl (C=O) groups excluding carboxylic acids is 1. The van der Waals surface area contributed by atoms with E-state index in [1.54, 1.807) is 30.5 Å². The van der Waals surface area contributed by atoms with Crippen molar-refractivity contribution in [3.8, 4) is 0 Å². The van der Waals surface area contributed by atoms with E-state index in [1.165, 1.54) is 0 Å². The highest BCUT2D eigenvalue weighted by Gasteiger charge is 2.11. The molecular formula is C13H10BrClN2O. The minimum atomic E-state index is -0.274. The van der Waals surface area contributed by atoms with Crippen molar-refractivity contribution in [3.05, 3.63) is 57.2 Å². The molecule has 0 aliphatic rings. The number of hydrogen-bond acceptors (Lipinski definition) is 2. The standard InChI is InChI=1S/C13H10BrClN2O/c1-8-2-5-12(16-7-8)17-13(18)10-4-3-9(14)6-11(10)15/h2-7H,1H3,(H,16,17,18). The number of nitrogens with zero attached hydrogens (tertiary/aromatic N) is 1. The maximum atomic E-state index is 12.0. The van der Waals surface area contributed by atoms with Crippen molar-refractivity contribution in [1.82, 2.24) is 4.98 Å². The molecule has 0 saturated carbocycles. The number of nitrogens with one attached hydrogen (secondary N) is 1. The van der Waals surface area contributed by atoms with Gasteiger partial charge in [0.1, 0.15) is 5.82 Å². The molecule has 1 aromatic heterocycles. The fourth-order valence-electron chi connectivity index (χ4n) is 1.40. The van der Waals surface area contributed by atoms with E-state index in [2.05, 4.69) is 26.2 Å². The van der Waals surface area contributed by atoms with Crippen LogP contribution < -0.4 is 5.32 Å². The van der Waals surface area contributed by atoms with Gasteiger partial charge in [0.15, 0.2) is 0 Å². The van der Waals surface area contributed by atoms with Gasteiger partial charge >= 0.3 is 0 Å². The molecule has 0 radical (unpaired) electrons. The Morgan fingerprint density at radius 3 is 2.72 bits per heavy atom. The molecule has 0 saturated heterocycles. The lowest BCUT2D eigenvalue weighted by molar-refractivity contribution is 0.102. The zero-order valence-electron chi connectivity index (χ0n) is 9.58. The predicted molar refractivity (Wildman–Crippen MR) is 76.1 cm³/mol. The summed E-state index contributed by atoms with van der Waals surface area (Å²) in [5.41, 5.74) is 1.46. The summed E-state index contributed by atoms with van der Waals surface area (Å²) in [6.07, 6.45) is 1.69. The molecule has 0 aliphatic heterocycles. The summed E-state index contributed by atoms with van der Waals surface area (Å²) in [6.45, 7) is 1.93. The number of aromatic nitrogens is 1. The largest absolute Gasteiger partial charge is 0.307 e. The summed E-state index contributed by atoms with van der Waals surface area (Å²) in [6, 6.07) is 8.74. The van der Waals surface area contributed by atoms with Gasteiger partial charge in [-0.25, -0.2) is 4.98 Å². The van der Waals surface area contributed by atoms with Crippen LogP contribution in [0.5, 0.6) is 0 Å². The highest BCUT2D eigenvalue weighted by atomic mass is 79.9. The molecule has 0 unspecified atom stereocenters. The first-order valence-electron chi connectivity index (χ1n) is 5.25. The SMILES string of the molecule is Cc1ccc(NC(=O)c2ccc(Br)cc2Cl)nc1. The first-order valence-corrected chi connectivity index (χ1v) is 6.42. The van der Waals surface area contributed by atoms with Gasteiger partial charge in [-0.1, -0.05) is 33.6 Å². The molecule has 0 atom stereocenters. The third-order valence-electron chi connectivity index (χ3n) is 2.33. The number of aryl methyl sites for hydroxylation is 1. The van der Waals surface area contributed by atoms with Crippen LogP contribution in [-0.2, 0) is 0 Å². The van der Waals surface area contributed by atoms with Gasteiger partial charge in [0.25, 0.3) is 5.91 Å². The molecule has 1 N–H and O–H groups in total. The second-order valence-corrected chi connectivity index (χ2v) is 5.12. The summed E-state index contributed by atoms with van der Waals surface area (Å²) < 4.78 is 0.831. The zero-order chi connectivity index (χ0) is 13.1. The minimum absolute atomic E-state index is 0.274. The van der Waals surface area contributed by atoms with Crippen LogP contribution >= 0.6 is 27.5 Å². The van der Waals surface area contributed by atoms with E-state index >= 15 is 0 Å². The third kappa shape index (κ3) is 3.09. The van der Waals surface area contributed by atoms with Crippen LogP contribution in [0.4, 0.5) is 5.82 Å². The van der Waals surface area contributed by atoms with E-state index in [9.17, 15) is 4.79 Å². The Morgan fingerprint density at radius 1 is 1.33 bits per heavy atom. The molecule has 3 nitrogen and oxygen atoms in total. The molecule has 1 amide bonds. The maximum absolute atomic E-state index is 12.0. The van der Waals surface area contributed by atoms with E-state index in [0.29, 0.717) is 16.4 Å². The van der Waals surface area contributed by atoms with E-state index in [-0.39, 0.29) is 5.91 Å². The van der Waals surface area contributed by atoms with Gasteiger partial charge in [0.05, 0.1) is 10.6 Å². The number of pyridine rings is 1. The number of hydrogen-bond donors (Lipinski definition) is 1. The Bertz CT molecular complexity index is 584. The first-order chi connectivity index (χ1) is 8.56. The molecule has 5 heteroatoms. The van der Waals surface area contributed by atoms with Crippen molar-refractivity contribution < 1.29 is 4.79 Å². The van der Waals surface area contributed by atoms with E-state index < -0.39 is 0 Å². The molecule has 18 heavy (non-hydrogen) atoms. The summed E-state index contributed by atoms with van der Waals surface area (Å²) in [4.78, 5) is 16.1. The molecule has 2 aromatic rings. The third-order valence-corrected chi connectivity index (χ3v) is 3.13. The first kappa shape index (κ1) is 13.1. The monoisotopic (exact) mass is 324 g/mol. The van der Waals surface area contributed by atoms with Gasteiger partial charge in [0, 0.05) is 10.7 Å². The maximum Gasteiger partial charge on any atom is 0.258 e. The van der Waals surface area contributed by atoms with Crippen LogP contribution in [0.15, 0.2) is 41.0 Å². The number of benzene rings is 1. The summed E-state index contributed by atoms with van der Waals surface area (Å²) in [5, 5.41) is 3.09. The van der Waals surface area contributed by atoms with Gasteiger partial charge in [-0.2, -0.15) is 0 Å². The highest BCUT2D eigenvalue weighted by Crippen LogP contribution is 2.22. The Kier molecular flexibility index (Phi) is 3.99. The molecule has 2 rings (SSSR count). The van der Waals surface area contributed by atoms with Gasteiger partial charge in [-0.05, 0) is 36.8 Å². The number of rotatable bonds is 2. The van der Waals surface area contributed by atoms with E-state index in [4.69, 9.17) is 11.6 Å². The smallest absolute Gasteiger partial charge is 0.258 e. The van der Waals surface area contributed by atoms with Crippen molar-refractivity contribution >= 4 is 39.3 Å². The van der Waals surface area contributed by atoms with Crippen LogP contribution in [-0.4, -0.2) is 10.9 Å². The van der Waals surface area contributed by atoms with Gasteiger partial charge in [-0.3, -0.25) is 4.79 Å². The predicted octanol–water partition coefficient (Wildman–Crippen LogP) is 4.06. The Hall–Kier alpha value is -1.39. The lowest BCUT2D eigenvalue weighted by atomic mass is 10.2. The topological polar surface area (TPSA) is 42.0 Å². The number of anilines is 1. The van der Waals surface area contributed by atoms with Gasteiger partial charge in [0.2, 0.25) is 0 Å². The van der Waals surface area contributed by atoms with Crippen LogP contribution in [0.2, 0.25) is 5.02 Å². The lowest BCUT2D eigenvalue weighted by Gasteiger charge is -2.06. The molecule has 1 heterocycles. The lowest BCUT2D eigenvalue weighted by Crippen LogP contribution is -2.13. The summed E-state index contributed by atoms with van der Waals surface area (Å²) >= 11 is 9.30. The molecule has 0 bridgehead atoms. The Balaban J connectivity index is 2.19. The fraction of sp³-hybridized carbons (Fsp3) is 0.0769. The molecule has 0 fully saturated rings. The fourth-order valence-corrected chi connectivity index (χ4v) is 2.16.